The molecule has 6 nitrogen and oxygen atoms in total. The van der Waals surface area contributed by atoms with E-state index in [0.717, 1.165) is 48.5 Å². The highest BCUT2D eigenvalue weighted by molar-refractivity contribution is 5.78. The molecular formula is C26H37NO5. The third-order valence-corrected chi connectivity index (χ3v) is 8.72. The fraction of sp³-hybridized carbons (Fsp3) is 0.731. The quantitative estimate of drug-likeness (QED) is 0.742. The summed E-state index contributed by atoms with van der Waals surface area (Å²) in [6.45, 7) is 10.6. The summed E-state index contributed by atoms with van der Waals surface area (Å²) < 4.78 is 24.2. The summed E-state index contributed by atoms with van der Waals surface area (Å²) in [5.41, 5.74) is 1.18. The van der Waals surface area contributed by atoms with Crippen LogP contribution in [0.4, 0.5) is 0 Å². The Morgan fingerprint density at radius 3 is 2.56 bits per heavy atom. The Morgan fingerprint density at radius 2 is 1.88 bits per heavy atom. The topological polar surface area (TPSA) is 66.0 Å². The van der Waals surface area contributed by atoms with Gasteiger partial charge in [0.2, 0.25) is 5.91 Å². The van der Waals surface area contributed by atoms with E-state index in [-0.39, 0.29) is 34.8 Å². The van der Waals surface area contributed by atoms with Crippen molar-refractivity contribution in [3.63, 3.8) is 0 Å². The molecule has 0 aromatic heterocycles. The van der Waals surface area contributed by atoms with Crippen LogP contribution in [0.5, 0.6) is 17.2 Å². The average molecular weight is 444 g/mol. The highest BCUT2D eigenvalue weighted by Crippen LogP contribution is 2.71. The Kier molecular flexibility index (Phi) is 5.35. The standard InChI is InChI=1S/C26H37NO5/c1-15(2)23(28)27-24-25(3,4)16-11-18-22(32-10-7-26(18,24)14-16)17-12-20-21(13-19(17)29-5)31-9-6-8-30-20/h12-13,15-16,18,22,24H,6-11,14H2,1-5H3,(H,27,28)/t16-,18-,22-,24-,26?/m1/s1. The van der Waals surface area contributed by atoms with E-state index in [2.05, 4.69) is 25.2 Å². The van der Waals surface area contributed by atoms with E-state index in [1.54, 1.807) is 7.11 Å². The largest absolute Gasteiger partial charge is 0.496 e. The maximum Gasteiger partial charge on any atom is 0.222 e. The smallest absolute Gasteiger partial charge is 0.222 e. The number of fused-ring (bicyclic) bond motifs is 2. The number of ether oxygens (including phenoxy) is 4. The van der Waals surface area contributed by atoms with E-state index in [9.17, 15) is 4.79 Å². The van der Waals surface area contributed by atoms with E-state index in [1.165, 1.54) is 0 Å². The third kappa shape index (κ3) is 3.20. The molecule has 4 aliphatic rings. The molecule has 3 fully saturated rings. The molecule has 1 saturated heterocycles. The van der Waals surface area contributed by atoms with Crippen molar-refractivity contribution >= 4 is 5.91 Å². The Balaban J connectivity index is 1.52. The van der Waals surface area contributed by atoms with Gasteiger partial charge in [0.25, 0.3) is 0 Å². The normalized spacial score (nSPS) is 34.7. The van der Waals surface area contributed by atoms with E-state index in [0.29, 0.717) is 31.7 Å². The van der Waals surface area contributed by atoms with Gasteiger partial charge >= 0.3 is 0 Å². The van der Waals surface area contributed by atoms with Crippen LogP contribution in [-0.2, 0) is 9.53 Å². The second-order valence-corrected chi connectivity index (χ2v) is 11.0. The van der Waals surface area contributed by atoms with Gasteiger partial charge in [-0.25, -0.2) is 0 Å². The first-order valence-electron chi connectivity index (χ1n) is 12.2. The van der Waals surface area contributed by atoms with Crippen LogP contribution in [0.3, 0.4) is 0 Å². The Hall–Kier alpha value is -1.95. The molecule has 2 aliphatic heterocycles. The summed E-state index contributed by atoms with van der Waals surface area (Å²) in [5, 5.41) is 3.48. The maximum absolute atomic E-state index is 12.8. The summed E-state index contributed by atoms with van der Waals surface area (Å²) in [6, 6.07) is 4.18. The van der Waals surface area contributed by atoms with Crippen molar-refractivity contribution in [2.45, 2.75) is 65.5 Å². The number of hydrogen-bond donors (Lipinski definition) is 1. The lowest BCUT2D eigenvalue weighted by Gasteiger charge is -2.53. The van der Waals surface area contributed by atoms with Crippen LogP contribution in [0.2, 0.25) is 0 Å². The van der Waals surface area contributed by atoms with Crippen LogP contribution in [0.25, 0.3) is 0 Å². The maximum atomic E-state index is 12.8. The molecule has 5 rings (SSSR count). The van der Waals surface area contributed by atoms with Crippen LogP contribution >= 0.6 is 0 Å². The van der Waals surface area contributed by atoms with Crippen LogP contribution in [-0.4, -0.2) is 38.9 Å². The van der Waals surface area contributed by atoms with Gasteiger partial charge < -0.3 is 24.3 Å². The molecule has 1 aromatic rings. The van der Waals surface area contributed by atoms with Gasteiger partial charge in [0, 0.05) is 36.6 Å². The van der Waals surface area contributed by atoms with Crippen molar-refractivity contribution in [1.82, 2.24) is 5.32 Å². The fourth-order valence-electron chi connectivity index (χ4n) is 7.01. The van der Waals surface area contributed by atoms with E-state index in [4.69, 9.17) is 18.9 Å². The number of carbonyl (C=O) groups is 1. The zero-order valence-electron chi connectivity index (χ0n) is 20.0. The molecular weight excluding hydrogens is 406 g/mol. The monoisotopic (exact) mass is 443 g/mol. The van der Waals surface area contributed by atoms with E-state index in [1.807, 2.05) is 19.9 Å². The van der Waals surface area contributed by atoms with Crippen molar-refractivity contribution < 1.29 is 23.7 Å². The number of methoxy groups -OCH3 is 1. The molecule has 1 amide bonds. The summed E-state index contributed by atoms with van der Waals surface area (Å²) in [4.78, 5) is 12.8. The average Bonchev–Trinajstić information content (AvgIpc) is 3.14. The number of benzene rings is 1. The summed E-state index contributed by atoms with van der Waals surface area (Å²) in [6.07, 6.45) is 4.05. The molecule has 32 heavy (non-hydrogen) atoms. The number of hydrogen-bond acceptors (Lipinski definition) is 5. The molecule has 1 unspecified atom stereocenters. The summed E-state index contributed by atoms with van der Waals surface area (Å²) in [7, 11) is 1.71. The lowest BCUT2D eigenvalue weighted by atomic mass is 9.58. The minimum Gasteiger partial charge on any atom is -0.496 e. The predicted molar refractivity (Wildman–Crippen MR) is 121 cm³/mol. The lowest BCUT2D eigenvalue weighted by molar-refractivity contribution is -0.139. The number of rotatable bonds is 4. The van der Waals surface area contributed by atoms with Gasteiger partial charge in [-0.1, -0.05) is 27.7 Å². The van der Waals surface area contributed by atoms with Crippen molar-refractivity contribution in [3.05, 3.63) is 17.7 Å². The van der Waals surface area contributed by atoms with Gasteiger partial charge in [0.15, 0.2) is 11.5 Å². The Morgan fingerprint density at radius 1 is 1.16 bits per heavy atom. The number of amides is 1. The molecule has 6 heteroatoms. The van der Waals surface area contributed by atoms with Gasteiger partial charge in [0.05, 0.1) is 26.4 Å². The van der Waals surface area contributed by atoms with Gasteiger partial charge in [0.1, 0.15) is 5.75 Å². The van der Waals surface area contributed by atoms with Crippen LogP contribution < -0.4 is 19.5 Å². The molecule has 2 bridgehead atoms. The van der Waals surface area contributed by atoms with Gasteiger partial charge in [-0.3, -0.25) is 4.79 Å². The molecule has 5 atom stereocenters. The second kappa shape index (κ2) is 7.82. The van der Waals surface area contributed by atoms with Gasteiger partial charge in [-0.2, -0.15) is 0 Å². The highest BCUT2D eigenvalue weighted by Gasteiger charge is 2.68. The van der Waals surface area contributed by atoms with Crippen molar-refractivity contribution in [1.29, 1.82) is 0 Å². The van der Waals surface area contributed by atoms with E-state index < -0.39 is 0 Å². The predicted octanol–water partition coefficient (Wildman–Crippen LogP) is 4.51. The first kappa shape index (κ1) is 21.9. The first-order valence-corrected chi connectivity index (χ1v) is 12.2. The minimum absolute atomic E-state index is 0.0164. The summed E-state index contributed by atoms with van der Waals surface area (Å²) >= 11 is 0. The van der Waals surface area contributed by atoms with Crippen molar-refractivity contribution in [2.75, 3.05) is 26.9 Å². The van der Waals surface area contributed by atoms with Crippen molar-refractivity contribution in [3.8, 4) is 17.2 Å². The molecule has 2 heterocycles. The highest BCUT2D eigenvalue weighted by atomic mass is 16.5. The first-order chi connectivity index (χ1) is 15.3. The molecule has 0 radical (unpaired) electrons. The zero-order valence-corrected chi connectivity index (χ0v) is 20.0. The van der Waals surface area contributed by atoms with Crippen LogP contribution in [0.1, 0.15) is 65.0 Å². The van der Waals surface area contributed by atoms with Gasteiger partial charge in [-0.05, 0) is 48.0 Å². The lowest BCUT2D eigenvalue weighted by Crippen LogP contribution is -2.59. The molecule has 2 aliphatic carbocycles. The Labute approximate surface area is 191 Å². The fourth-order valence-corrected chi connectivity index (χ4v) is 7.01. The number of carbonyl (C=O) groups excluding carboxylic acids is 1. The third-order valence-electron chi connectivity index (χ3n) is 8.72. The van der Waals surface area contributed by atoms with Crippen LogP contribution in [0, 0.1) is 28.6 Å². The SMILES string of the molecule is COc1cc2c(cc1[C@H]1OCCC34C[C@@H](C[C@H]13)C(C)(C)[C@H]4NC(=O)C(C)C)OCCCO2. The Bertz CT molecular complexity index is 896. The molecule has 176 valence electrons. The van der Waals surface area contributed by atoms with Gasteiger partial charge in [-0.15, -0.1) is 0 Å². The molecule has 1 spiro atoms. The van der Waals surface area contributed by atoms with E-state index >= 15 is 0 Å². The van der Waals surface area contributed by atoms with Crippen LogP contribution in [0.15, 0.2) is 12.1 Å². The zero-order chi connectivity index (χ0) is 22.7. The molecule has 1 aromatic carbocycles. The summed E-state index contributed by atoms with van der Waals surface area (Å²) in [5.74, 6) is 3.35. The second-order valence-electron chi connectivity index (χ2n) is 11.0. The number of nitrogens with one attached hydrogen (secondary N) is 1. The molecule has 2 saturated carbocycles. The van der Waals surface area contributed by atoms with Crippen molar-refractivity contribution in [2.24, 2.45) is 28.6 Å². The minimum atomic E-state index is -0.0737. The molecule has 1 N–H and O–H groups in total.